The van der Waals surface area contributed by atoms with Crippen molar-refractivity contribution < 1.29 is 14.7 Å². The third kappa shape index (κ3) is 5.04. The highest BCUT2D eigenvalue weighted by atomic mass is 79.9. The number of carboxylic acids is 1. The number of allylic oxidation sites excluding steroid dienone is 2. The van der Waals surface area contributed by atoms with Gasteiger partial charge in [-0.15, -0.1) is 0 Å². The molecule has 3 aromatic rings. The predicted octanol–water partition coefficient (Wildman–Crippen LogP) is 5.97. The van der Waals surface area contributed by atoms with Crippen LogP contribution in [-0.4, -0.2) is 38.7 Å². The van der Waals surface area contributed by atoms with Gasteiger partial charge < -0.3 is 10.1 Å². The van der Waals surface area contributed by atoms with E-state index >= 15 is 0 Å². The van der Waals surface area contributed by atoms with Gasteiger partial charge in [0.15, 0.2) is 0 Å². The van der Waals surface area contributed by atoms with Crippen molar-refractivity contribution in [3.8, 4) is 11.1 Å². The van der Waals surface area contributed by atoms with E-state index in [2.05, 4.69) is 26.0 Å². The lowest BCUT2D eigenvalue weighted by molar-refractivity contribution is -0.141. The summed E-state index contributed by atoms with van der Waals surface area (Å²) in [5.74, 6) is -1.49. The highest BCUT2D eigenvalue weighted by Gasteiger charge is 2.37. The average molecular weight is 581 g/mol. The van der Waals surface area contributed by atoms with Crippen molar-refractivity contribution in [2.45, 2.75) is 38.1 Å². The Labute approximate surface area is 226 Å². The Bertz CT molecular complexity index is 1560. The highest BCUT2D eigenvalue weighted by Crippen LogP contribution is 2.37. The Kier molecular flexibility index (Phi) is 7.13. The summed E-state index contributed by atoms with van der Waals surface area (Å²) in [6.07, 6.45) is 5.10. The molecule has 2 aromatic carbocycles. The van der Waals surface area contributed by atoms with Crippen molar-refractivity contribution in [2.75, 3.05) is 0 Å². The maximum absolute atomic E-state index is 13.6. The van der Waals surface area contributed by atoms with Gasteiger partial charge in [-0.05, 0) is 42.2 Å². The quantitative estimate of drug-likeness (QED) is 0.375. The van der Waals surface area contributed by atoms with Crippen molar-refractivity contribution in [2.24, 2.45) is 5.10 Å². The van der Waals surface area contributed by atoms with Gasteiger partial charge in [0.25, 0.3) is 5.56 Å². The molecule has 188 valence electrons. The van der Waals surface area contributed by atoms with Crippen LogP contribution in [0.15, 0.2) is 85.7 Å². The van der Waals surface area contributed by atoms with E-state index in [4.69, 9.17) is 16.7 Å². The van der Waals surface area contributed by atoms with Gasteiger partial charge in [0.2, 0.25) is 5.91 Å². The number of hydrazone groups is 1. The van der Waals surface area contributed by atoms with E-state index in [-0.39, 0.29) is 24.8 Å². The summed E-state index contributed by atoms with van der Waals surface area (Å²) < 4.78 is 0.858. The van der Waals surface area contributed by atoms with Gasteiger partial charge in [0.05, 0.1) is 23.7 Å². The first-order chi connectivity index (χ1) is 17.8. The molecule has 7 nitrogen and oxygen atoms in total. The average Bonchev–Trinajstić information content (AvgIpc) is 3.32. The summed E-state index contributed by atoms with van der Waals surface area (Å²) in [5.41, 5.74) is 3.52. The Morgan fingerprint density at radius 3 is 2.65 bits per heavy atom. The molecule has 9 heteroatoms. The normalized spacial score (nSPS) is 17.4. The molecule has 0 saturated heterocycles. The van der Waals surface area contributed by atoms with Crippen LogP contribution in [0.2, 0.25) is 0 Å². The number of aromatic amines is 1. The molecule has 37 heavy (non-hydrogen) atoms. The monoisotopic (exact) mass is 579 g/mol. The smallest absolute Gasteiger partial charge is 0.303 e. The van der Waals surface area contributed by atoms with Crippen LogP contribution in [-0.2, 0) is 9.59 Å². The summed E-state index contributed by atoms with van der Waals surface area (Å²) >= 11 is 10.1. The van der Waals surface area contributed by atoms with Crippen molar-refractivity contribution in [1.29, 1.82) is 0 Å². The minimum Gasteiger partial charge on any atom is -0.481 e. The van der Waals surface area contributed by atoms with Crippen molar-refractivity contribution in [3.63, 3.8) is 0 Å². The number of fused-ring (bicyclic) bond motifs is 1. The van der Waals surface area contributed by atoms with Gasteiger partial charge in [0.1, 0.15) is 0 Å². The van der Waals surface area contributed by atoms with Crippen LogP contribution in [0.4, 0.5) is 0 Å². The number of carboxylic acid groups (broad SMARTS) is 1. The molecule has 0 spiro atoms. The lowest BCUT2D eigenvalue weighted by atomic mass is 9.90. The third-order valence-electron chi connectivity index (χ3n) is 6.55. The van der Waals surface area contributed by atoms with E-state index in [9.17, 15) is 14.4 Å². The molecule has 0 radical (unpaired) electrons. The first-order valence-electron chi connectivity index (χ1n) is 11.9. The highest BCUT2D eigenvalue weighted by molar-refractivity contribution is 9.10. The molecule has 0 fully saturated rings. The van der Waals surface area contributed by atoms with E-state index in [1.54, 1.807) is 0 Å². The van der Waals surface area contributed by atoms with E-state index < -0.39 is 17.9 Å². The molecule has 0 bridgehead atoms. The van der Waals surface area contributed by atoms with Crippen LogP contribution < -0.4 is 5.56 Å². The Hall–Kier alpha value is -3.49. The lowest BCUT2D eigenvalue weighted by Crippen LogP contribution is -2.34. The fraction of sp³-hybridized carbons (Fsp3) is 0.214. The first-order valence-corrected chi connectivity index (χ1v) is 13.1. The van der Waals surface area contributed by atoms with E-state index in [0.29, 0.717) is 28.2 Å². The number of carbonyl (C=O) groups is 2. The minimum atomic E-state index is -1.06. The fourth-order valence-electron chi connectivity index (χ4n) is 4.85. The summed E-state index contributed by atoms with van der Waals surface area (Å²) in [6.45, 7) is 0. The number of H-pyrrole nitrogens is 1. The largest absolute Gasteiger partial charge is 0.481 e. The summed E-state index contributed by atoms with van der Waals surface area (Å²) in [6, 6.07) is 14.7. The molecular formula is C28H23BrClN3O4. The third-order valence-corrected chi connectivity index (χ3v) is 7.45. The molecule has 2 heterocycles. The number of pyridine rings is 1. The molecule has 1 aliphatic heterocycles. The number of rotatable bonds is 6. The van der Waals surface area contributed by atoms with Crippen molar-refractivity contribution in [3.05, 3.63) is 91.7 Å². The van der Waals surface area contributed by atoms with E-state index in [0.717, 1.165) is 33.0 Å². The Balaban J connectivity index is 1.70. The molecular weight excluding hydrogens is 558 g/mol. The van der Waals surface area contributed by atoms with Crippen LogP contribution in [0.1, 0.15) is 37.7 Å². The summed E-state index contributed by atoms with van der Waals surface area (Å²) in [4.78, 5) is 40.8. The van der Waals surface area contributed by atoms with Gasteiger partial charge in [-0.3, -0.25) is 14.4 Å². The standard InChI is InChI=1S/C28H23BrClN3O4/c29-17-10-11-21-19(14-17)26(16-6-2-1-3-7-16)27(28(37)31-21)22-15-23(18-8-4-5-9-20(18)30)33(32-22)24(34)12-13-25(35)36/h1-4,6-8,10-11,14,23H,5,9,12-13,15H2,(H,31,37)(H,35,36). The maximum Gasteiger partial charge on any atom is 0.303 e. The van der Waals surface area contributed by atoms with Crippen LogP contribution in [0.25, 0.3) is 22.0 Å². The van der Waals surface area contributed by atoms with Gasteiger partial charge in [0, 0.05) is 38.8 Å². The molecule has 1 aliphatic carbocycles. The van der Waals surface area contributed by atoms with Crippen molar-refractivity contribution in [1.82, 2.24) is 9.99 Å². The first kappa shape index (κ1) is 25.2. The number of nitrogens with one attached hydrogen (secondary N) is 1. The van der Waals surface area contributed by atoms with Crippen LogP contribution in [0.5, 0.6) is 0 Å². The second kappa shape index (κ2) is 10.5. The SMILES string of the molecule is O=C(O)CCC(=O)N1N=C(c2c(-c3ccccc3)c3cc(Br)ccc3[nH]c2=O)CC1C1=C(Cl)CCC=C1. The number of aromatic nitrogens is 1. The van der Waals surface area contributed by atoms with Crippen LogP contribution >= 0.6 is 27.5 Å². The lowest BCUT2D eigenvalue weighted by Gasteiger charge is -2.25. The second-order valence-electron chi connectivity index (χ2n) is 8.96. The number of benzene rings is 2. The molecule has 2 N–H and O–H groups in total. The second-order valence-corrected chi connectivity index (χ2v) is 10.3. The number of amides is 1. The van der Waals surface area contributed by atoms with Crippen LogP contribution in [0.3, 0.4) is 0 Å². The van der Waals surface area contributed by atoms with E-state index in [1.165, 1.54) is 5.01 Å². The zero-order valence-electron chi connectivity index (χ0n) is 19.7. The van der Waals surface area contributed by atoms with E-state index in [1.807, 2.05) is 60.7 Å². The Morgan fingerprint density at radius 2 is 1.92 bits per heavy atom. The van der Waals surface area contributed by atoms with Gasteiger partial charge in [-0.1, -0.05) is 70.0 Å². The fourth-order valence-corrected chi connectivity index (χ4v) is 5.51. The van der Waals surface area contributed by atoms with Crippen LogP contribution in [0, 0.1) is 0 Å². The van der Waals surface area contributed by atoms with Crippen molar-refractivity contribution >= 4 is 56.0 Å². The number of halogens is 2. The predicted molar refractivity (Wildman–Crippen MR) is 148 cm³/mol. The molecule has 1 aromatic heterocycles. The molecule has 1 amide bonds. The topological polar surface area (TPSA) is 103 Å². The van der Waals surface area contributed by atoms with Gasteiger partial charge in [-0.2, -0.15) is 5.10 Å². The molecule has 0 saturated carbocycles. The Morgan fingerprint density at radius 1 is 1.14 bits per heavy atom. The molecule has 1 unspecified atom stereocenters. The molecule has 2 aliphatic rings. The number of nitrogens with zero attached hydrogens (tertiary/aromatic N) is 2. The minimum absolute atomic E-state index is 0.205. The number of carbonyl (C=O) groups excluding carboxylic acids is 1. The zero-order valence-corrected chi connectivity index (χ0v) is 22.1. The number of hydrogen-bond acceptors (Lipinski definition) is 4. The molecule has 5 rings (SSSR count). The summed E-state index contributed by atoms with van der Waals surface area (Å²) in [5, 5.41) is 16.6. The van der Waals surface area contributed by atoms with Gasteiger partial charge in [-0.25, -0.2) is 5.01 Å². The summed E-state index contributed by atoms with van der Waals surface area (Å²) in [7, 11) is 0. The van der Waals surface area contributed by atoms with Gasteiger partial charge >= 0.3 is 5.97 Å². The number of hydrogen-bond donors (Lipinski definition) is 2. The maximum atomic E-state index is 13.6. The number of aliphatic carboxylic acids is 1. The molecule has 1 atom stereocenters. The zero-order chi connectivity index (χ0) is 26.1.